The Morgan fingerprint density at radius 1 is 0.944 bits per heavy atom. The molecule has 0 unspecified atom stereocenters. The zero-order chi connectivity index (χ0) is 26.4. The Morgan fingerprint density at radius 3 is 2.14 bits per heavy atom. The van der Waals surface area contributed by atoms with Gasteiger partial charge in [-0.15, -0.1) is 0 Å². The highest BCUT2D eigenvalue weighted by Gasteiger charge is 2.32. The van der Waals surface area contributed by atoms with E-state index in [1.807, 2.05) is 49.4 Å². The van der Waals surface area contributed by atoms with Crippen LogP contribution in [0.5, 0.6) is 5.75 Å². The molecular formula is C26H37N2O7P. The summed E-state index contributed by atoms with van der Waals surface area (Å²) in [5, 5.41) is 2.77. The van der Waals surface area contributed by atoms with Gasteiger partial charge in [0.15, 0.2) is 0 Å². The van der Waals surface area contributed by atoms with Gasteiger partial charge in [-0.3, -0.25) is 4.57 Å². The first kappa shape index (κ1) is 29.4. The van der Waals surface area contributed by atoms with Crippen molar-refractivity contribution in [3.63, 3.8) is 0 Å². The lowest BCUT2D eigenvalue weighted by atomic mass is 10.1. The van der Waals surface area contributed by atoms with Crippen molar-refractivity contribution in [1.82, 2.24) is 10.2 Å². The summed E-state index contributed by atoms with van der Waals surface area (Å²) >= 11 is 0. The number of carbonyl (C=O) groups is 2. The quantitative estimate of drug-likeness (QED) is 0.261. The number of ether oxygens (including phenoxy) is 2. The van der Waals surface area contributed by atoms with Crippen LogP contribution in [0.3, 0.4) is 0 Å². The number of nitrogens with zero attached hydrogens (tertiary/aromatic N) is 1. The molecule has 0 radical (unpaired) electrons. The summed E-state index contributed by atoms with van der Waals surface area (Å²) in [6, 6.07) is 15.0. The van der Waals surface area contributed by atoms with Gasteiger partial charge in [-0.1, -0.05) is 49.4 Å². The molecule has 0 heterocycles. The van der Waals surface area contributed by atoms with E-state index in [1.54, 1.807) is 33.1 Å². The predicted octanol–water partition coefficient (Wildman–Crippen LogP) is 4.99. The lowest BCUT2D eigenvalue weighted by Crippen LogP contribution is -2.50. The minimum atomic E-state index is -3.52. The topological polar surface area (TPSA) is 103 Å². The van der Waals surface area contributed by atoms with Gasteiger partial charge in [0.1, 0.15) is 24.7 Å². The first-order chi connectivity index (χ1) is 17.3. The van der Waals surface area contributed by atoms with Crippen molar-refractivity contribution in [2.45, 2.75) is 46.3 Å². The van der Waals surface area contributed by atoms with Gasteiger partial charge in [0.25, 0.3) is 0 Å². The SMILES string of the molecule is CCCN(CP(=O)(OCC)OCC)C(=O)N[C@@H](Cc1ccc(OC)cc1)C(=O)OCc1ccccc1. The van der Waals surface area contributed by atoms with Gasteiger partial charge >= 0.3 is 19.6 Å². The Bertz CT molecular complexity index is 976. The molecule has 0 saturated heterocycles. The highest BCUT2D eigenvalue weighted by atomic mass is 31.2. The molecule has 1 atom stereocenters. The average molecular weight is 521 g/mol. The summed E-state index contributed by atoms with van der Waals surface area (Å²) in [4.78, 5) is 27.7. The third-order valence-electron chi connectivity index (χ3n) is 5.18. The van der Waals surface area contributed by atoms with Crippen LogP contribution in [0.2, 0.25) is 0 Å². The highest BCUT2D eigenvalue weighted by molar-refractivity contribution is 7.53. The standard InChI is InChI=1S/C26H37N2O7P/c1-5-17-28(20-36(31,34-6-2)35-7-3)26(30)27-24(18-21-13-15-23(32-4)16-14-21)25(29)33-19-22-11-9-8-10-12-22/h8-16,24H,5-7,17-20H2,1-4H3,(H,27,30)/t24-/m0/s1. The maximum Gasteiger partial charge on any atom is 0.349 e. The van der Waals surface area contributed by atoms with Crippen molar-refractivity contribution < 1.29 is 32.7 Å². The number of carbonyl (C=O) groups excluding carboxylic acids is 2. The zero-order valence-corrected chi connectivity index (χ0v) is 22.4. The summed E-state index contributed by atoms with van der Waals surface area (Å²) in [7, 11) is -1.95. The molecule has 36 heavy (non-hydrogen) atoms. The van der Waals surface area contributed by atoms with Crippen molar-refractivity contribution in [2.75, 3.05) is 33.2 Å². The average Bonchev–Trinajstić information content (AvgIpc) is 2.88. The number of benzene rings is 2. The Labute approximate surface area is 213 Å². The molecule has 1 N–H and O–H groups in total. The molecule has 2 rings (SSSR count). The second-order valence-corrected chi connectivity index (χ2v) is 10.0. The van der Waals surface area contributed by atoms with Crippen molar-refractivity contribution in [2.24, 2.45) is 0 Å². The zero-order valence-electron chi connectivity index (χ0n) is 21.5. The fourth-order valence-corrected chi connectivity index (χ4v) is 5.20. The van der Waals surface area contributed by atoms with Gasteiger partial charge in [0, 0.05) is 13.0 Å². The number of amides is 2. The van der Waals surface area contributed by atoms with Gasteiger partial charge in [-0.05, 0) is 43.5 Å². The number of esters is 1. The fourth-order valence-electron chi connectivity index (χ4n) is 3.49. The highest BCUT2D eigenvalue weighted by Crippen LogP contribution is 2.48. The Kier molecular flexibility index (Phi) is 12.5. The third-order valence-corrected chi connectivity index (χ3v) is 7.17. The Balaban J connectivity index is 2.20. The van der Waals surface area contributed by atoms with Crippen LogP contribution in [0, 0.1) is 0 Å². The molecule has 0 saturated carbocycles. The molecule has 0 bridgehead atoms. The van der Waals surface area contributed by atoms with Gasteiger partial charge in [0.2, 0.25) is 0 Å². The molecule has 0 aliphatic rings. The molecule has 10 heteroatoms. The largest absolute Gasteiger partial charge is 0.497 e. The Hall–Kier alpha value is -2.87. The van der Waals surface area contributed by atoms with Crippen LogP contribution in [-0.2, 0) is 36.2 Å². The van der Waals surface area contributed by atoms with Crippen molar-refractivity contribution in [3.8, 4) is 5.75 Å². The van der Waals surface area contributed by atoms with Gasteiger partial charge in [0.05, 0.1) is 20.3 Å². The number of methoxy groups -OCH3 is 1. The monoisotopic (exact) mass is 520 g/mol. The van der Waals surface area contributed by atoms with Crippen LogP contribution in [-0.4, -0.2) is 56.1 Å². The van der Waals surface area contributed by atoms with E-state index in [0.717, 1.165) is 11.1 Å². The summed E-state index contributed by atoms with van der Waals surface area (Å²) in [6.45, 7) is 6.08. The minimum Gasteiger partial charge on any atom is -0.497 e. The van der Waals surface area contributed by atoms with Crippen LogP contribution >= 0.6 is 7.60 Å². The summed E-state index contributed by atoms with van der Waals surface area (Å²) < 4.78 is 34.5. The maximum absolute atomic E-state index is 13.3. The molecule has 0 aliphatic heterocycles. The molecular weight excluding hydrogens is 483 g/mol. The van der Waals surface area contributed by atoms with Crippen molar-refractivity contribution >= 4 is 19.6 Å². The maximum atomic E-state index is 13.3. The molecule has 0 aromatic heterocycles. The molecule has 198 valence electrons. The smallest absolute Gasteiger partial charge is 0.349 e. The van der Waals surface area contributed by atoms with Crippen LogP contribution < -0.4 is 10.1 Å². The molecule has 0 aliphatic carbocycles. The molecule has 9 nitrogen and oxygen atoms in total. The van der Waals surface area contributed by atoms with Crippen LogP contribution in [0.1, 0.15) is 38.3 Å². The predicted molar refractivity (Wildman–Crippen MR) is 138 cm³/mol. The van der Waals surface area contributed by atoms with Crippen molar-refractivity contribution in [3.05, 3.63) is 65.7 Å². The van der Waals surface area contributed by atoms with Gasteiger partial charge < -0.3 is 28.7 Å². The first-order valence-corrected chi connectivity index (χ1v) is 13.8. The normalized spacial score (nSPS) is 12.0. The summed E-state index contributed by atoms with van der Waals surface area (Å²) in [5.41, 5.74) is 1.65. The lowest BCUT2D eigenvalue weighted by molar-refractivity contribution is -0.147. The van der Waals surface area contributed by atoms with Crippen molar-refractivity contribution in [1.29, 1.82) is 0 Å². The van der Waals surface area contributed by atoms with Crippen LogP contribution in [0.25, 0.3) is 0 Å². The second kappa shape index (κ2) is 15.3. The van der Waals surface area contributed by atoms with E-state index in [4.69, 9.17) is 18.5 Å². The first-order valence-electron chi connectivity index (χ1n) is 12.1. The van der Waals surface area contributed by atoms with Gasteiger partial charge in [-0.25, -0.2) is 9.59 Å². The third kappa shape index (κ3) is 9.64. The molecule has 2 aromatic carbocycles. The molecule has 2 aromatic rings. The van der Waals surface area contributed by atoms with E-state index in [-0.39, 0.29) is 32.5 Å². The number of hydrogen-bond donors (Lipinski definition) is 1. The van der Waals surface area contributed by atoms with E-state index in [9.17, 15) is 14.2 Å². The van der Waals surface area contributed by atoms with E-state index in [2.05, 4.69) is 5.32 Å². The lowest BCUT2D eigenvalue weighted by Gasteiger charge is -2.28. The van der Waals surface area contributed by atoms with Crippen LogP contribution in [0.4, 0.5) is 4.79 Å². The molecule has 2 amide bonds. The minimum absolute atomic E-state index is 0.0806. The Morgan fingerprint density at radius 2 is 1.58 bits per heavy atom. The second-order valence-electron chi connectivity index (χ2n) is 8.00. The number of rotatable bonds is 15. The molecule has 0 fully saturated rings. The van der Waals surface area contributed by atoms with Crippen LogP contribution in [0.15, 0.2) is 54.6 Å². The number of urea groups is 1. The number of hydrogen-bond acceptors (Lipinski definition) is 7. The van der Waals surface area contributed by atoms with E-state index >= 15 is 0 Å². The molecule has 0 spiro atoms. The number of nitrogens with one attached hydrogen (secondary N) is 1. The van der Waals surface area contributed by atoms with E-state index in [1.165, 1.54) is 4.90 Å². The van der Waals surface area contributed by atoms with Gasteiger partial charge in [-0.2, -0.15) is 0 Å². The summed E-state index contributed by atoms with van der Waals surface area (Å²) in [6.07, 6.45) is 0.605. The van der Waals surface area contributed by atoms with E-state index < -0.39 is 25.6 Å². The summed E-state index contributed by atoms with van der Waals surface area (Å²) in [5.74, 6) is 0.111. The fraction of sp³-hybridized carbons (Fsp3) is 0.462. The van der Waals surface area contributed by atoms with E-state index in [0.29, 0.717) is 18.7 Å².